The summed E-state index contributed by atoms with van der Waals surface area (Å²) in [5.41, 5.74) is 1.06. The summed E-state index contributed by atoms with van der Waals surface area (Å²) in [7, 11) is 1.71. The highest BCUT2D eigenvalue weighted by molar-refractivity contribution is 7.13. The van der Waals surface area contributed by atoms with Crippen molar-refractivity contribution in [3.8, 4) is 0 Å². The first-order valence-corrected chi connectivity index (χ1v) is 6.46. The van der Waals surface area contributed by atoms with Crippen molar-refractivity contribution < 1.29 is 4.74 Å². The third kappa shape index (κ3) is 2.92. The Balaban J connectivity index is 2.00. The second kappa shape index (κ2) is 5.47. The molecular formula is C11H18N2OS. The van der Waals surface area contributed by atoms with Gasteiger partial charge in [0.05, 0.1) is 12.3 Å². The number of hydrogen-bond donors (Lipinski definition) is 0. The molecule has 0 aromatic carbocycles. The van der Waals surface area contributed by atoms with Crippen molar-refractivity contribution in [1.82, 2.24) is 4.98 Å². The van der Waals surface area contributed by atoms with Gasteiger partial charge in [-0.15, -0.1) is 11.3 Å². The maximum atomic E-state index is 5.08. The maximum absolute atomic E-state index is 5.08. The number of methoxy groups -OCH3 is 1. The molecule has 1 aliphatic heterocycles. The largest absolute Gasteiger partial charge is 0.378 e. The normalized spacial score (nSPS) is 17.8. The van der Waals surface area contributed by atoms with Crippen LogP contribution < -0.4 is 4.90 Å². The Bertz CT molecular complexity index is 293. The lowest BCUT2D eigenvalue weighted by Crippen LogP contribution is -2.23. The summed E-state index contributed by atoms with van der Waals surface area (Å²) in [4.78, 5) is 7.00. The molecule has 1 saturated heterocycles. The van der Waals surface area contributed by atoms with Crippen molar-refractivity contribution in [1.29, 1.82) is 0 Å². The maximum Gasteiger partial charge on any atom is 0.185 e. The van der Waals surface area contributed by atoms with Crippen LogP contribution in [0.5, 0.6) is 0 Å². The van der Waals surface area contributed by atoms with Crippen LogP contribution in [0, 0.1) is 0 Å². The summed E-state index contributed by atoms with van der Waals surface area (Å²) in [5.74, 6) is 0. The summed E-state index contributed by atoms with van der Waals surface area (Å²) in [6.45, 7) is 2.96. The molecule has 0 amide bonds. The lowest BCUT2D eigenvalue weighted by Gasteiger charge is -2.18. The van der Waals surface area contributed by atoms with Crippen LogP contribution in [-0.2, 0) is 11.3 Å². The molecule has 1 aliphatic rings. The van der Waals surface area contributed by atoms with Gasteiger partial charge in [0.25, 0.3) is 0 Å². The van der Waals surface area contributed by atoms with Crippen molar-refractivity contribution >= 4 is 16.5 Å². The van der Waals surface area contributed by atoms with E-state index in [0.717, 1.165) is 5.69 Å². The number of aromatic nitrogens is 1. The number of ether oxygens (including phenoxy) is 1. The third-order valence-electron chi connectivity index (χ3n) is 2.71. The molecule has 1 aromatic heterocycles. The number of hydrogen-bond acceptors (Lipinski definition) is 4. The molecule has 0 unspecified atom stereocenters. The number of rotatable bonds is 3. The molecular weight excluding hydrogens is 208 g/mol. The monoisotopic (exact) mass is 226 g/mol. The highest BCUT2D eigenvalue weighted by Crippen LogP contribution is 2.23. The van der Waals surface area contributed by atoms with Crippen LogP contribution in [-0.4, -0.2) is 25.2 Å². The SMILES string of the molecule is COCc1csc(N2CCCCCC2)n1. The Morgan fingerprint density at radius 2 is 2.07 bits per heavy atom. The molecule has 2 heterocycles. The molecule has 84 valence electrons. The van der Waals surface area contributed by atoms with Gasteiger partial charge in [-0.1, -0.05) is 12.8 Å². The van der Waals surface area contributed by atoms with Crippen LogP contribution in [0.1, 0.15) is 31.4 Å². The van der Waals surface area contributed by atoms with E-state index in [0.29, 0.717) is 6.61 Å². The van der Waals surface area contributed by atoms with E-state index in [1.54, 1.807) is 18.4 Å². The Morgan fingerprint density at radius 3 is 2.73 bits per heavy atom. The van der Waals surface area contributed by atoms with Crippen molar-refractivity contribution in [3.63, 3.8) is 0 Å². The van der Waals surface area contributed by atoms with E-state index in [1.165, 1.54) is 43.9 Å². The average Bonchev–Trinajstić information content (AvgIpc) is 2.53. The van der Waals surface area contributed by atoms with Crippen LogP contribution in [0.3, 0.4) is 0 Å². The number of anilines is 1. The van der Waals surface area contributed by atoms with E-state index >= 15 is 0 Å². The summed E-state index contributed by atoms with van der Waals surface area (Å²) in [6.07, 6.45) is 5.35. The average molecular weight is 226 g/mol. The number of nitrogens with zero attached hydrogens (tertiary/aromatic N) is 2. The minimum Gasteiger partial charge on any atom is -0.378 e. The molecule has 0 radical (unpaired) electrons. The Morgan fingerprint density at radius 1 is 1.33 bits per heavy atom. The number of thiazole rings is 1. The Labute approximate surface area is 95.1 Å². The zero-order valence-electron chi connectivity index (χ0n) is 9.24. The van der Waals surface area contributed by atoms with E-state index in [2.05, 4.69) is 15.3 Å². The summed E-state index contributed by atoms with van der Waals surface area (Å²) in [5, 5.41) is 3.27. The second-order valence-electron chi connectivity index (χ2n) is 3.96. The standard InChI is InChI=1S/C11H18N2OS/c1-14-8-10-9-15-11(12-10)13-6-4-2-3-5-7-13/h9H,2-8H2,1H3. The molecule has 0 saturated carbocycles. The van der Waals surface area contributed by atoms with Crippen LogP contribution in [0.15, 0.2) is 5.38 Å². The summed E-state index contributed by atoms with van der Waals surface area (Å²) in [6, 6.07) is 0. The lowest BCUT2D eigenvalue weighted by molar-refractivity contribution is 0.182. The van der Waals surface area contributed by atoms with E-state index in [1.807, 2.05) is 0 Å². The van der Waals surface area contributed by atoms with Gasteiger partial charge < -0.3 is 9.64 Å². The fraction of sp³-hybridized carbons (Fsp3) is 0.727. The fourth-order valence-electron chi connectivity index (χ4n) is 1.92. The highest BCUT2D eigenvalue weighted by Gasteiger charge is 2.12. The molecule has 15 heavy (non-hydrogen) atoms. The zero-order chi connectivity index (χ0) is 10.5. The third-order valence-corrected chi connectivity index (χ3v) is 3.66. The first-order valence-electron chi connectivity index (χ1n) is 5.58. The molecule has 3 nitrogen and oxygen atoms in total. The molecule has 0 atom stereocenters. The quantitative estimate of drug-likeness (QED) is 0.792. The van der Waals surface area contributed by atoms with Gasteiger partial charge in [0.1, 0.15) is 0 Å². The van der Waals surface area contributed by atoms with Gasteiger partial charge in [0, 0.05) is 25.6 Å². The first kappa shape index (κ1) is 10.9. The van der Waals surface area contributed by atoms with E-state index < -0.39 is 0 Å². The minimum absolute atomic E-state index is 0.629. The predicted octanol–water partition coefficient (Wildman–Crippen LogP) is 2.67. The molecule has 2 rings (SSSR count). The molecule has 0 bridgehead atoms. The second-order valence-corrected chi connectivity index (χ2v) is 4.79. The molecule has 0 N–H and O–H groups in total. The topological polar surface area (TPSA) is 25.4 Å². The van der Waals surface area contributed by atoms with Gasteiger partial charge in [-0.25, -0.2) is 4.98 Å². The molecule has 0 aliphatic carbocycles. The molecule has 1 fully saturated rings. The van der Waals surface area contributed by atoms with Crippen LogP contribution in [0.2, 0.25) is 0 Å². The Hall–Kier alpha value is -0.610. The minimum atomic E-state index is 0.629. The fourth-order valence-corrected chi connectivity index (χ4v) is 2.78. The first-order chi connectivity index (χ1) is 7.40. The van der Waals surface area contributed by atoms with E-state index in [-0.39, 0.29) is 0 Å². The lowest BCUT2D eigenvalue weighted by atomic mass is 10.2. The molecule has 4 heteroatoms. The zero-order valence-corrected chi connectivity index (χ0v) is 10.1. The molecule has 0 spiro atoms. The summed E-state index contributed by atoms with van der Waals surface area (Å²) < 4.78 is 5.08. The van der Waals surface area contributed by atoms with Crippen molar-refractivity contribution in [2.45, 2.75) is 32.3 Å². The smallest absolute Gasteiger partial charge is 0.185 e. The van der Waals surface area contributed by atoms with Gasteiger partial charge in [-0.05, 0) is 12.8 Å². The van der Waals surface area contributed by atoms with Crippen molar-refractivity contribution in [2.24, 2.45) is 0 Å². The van der Waals surface area contributed by atoms with Gasteiger partial charge in [-0.3, -0.25) is 0 Å². The van der Waals surface area contributed by atoms with Gasteiger partial charge >= 0.3 is 0 Å². The molecule has 1 aromatic rings. The van der Waals surface area contributed by atoms with Crippen molar-refractivity contribution in [2.75, 3.05) is 25.1 Å². The van der Waals surface area contributed by atoms with Crippen LogP contribution in [0.4, 0.5) is 5.13 Å². The highest BCUT2D eigenvalue weighted by atomic mass is 32.1. The van der Waals surface area contributed by atoms with E-state index in [4.69, 9.17) is 4.74 Å². The van der Waals surface area contributed by atoms with Crippen LogP contribution in [0.25, 0.3) is 0 Å². The van der Waals surface area contributed by atoms with Gasteiger partial charge in [0.2, 0.25) is 0 Å². The van der Waals surface area contributed by atoms with Crippen LogP contribution >= 0.6 is 11.3 Å². The summed E-state index contributed by atoms with van der Waals surface area (Å²) >= 11 is 1.74. The predicted molar refractivity (Wildman–Crippen MR) is 63.5 cm³/mol. The Kier molecular flexibility index (Phi) is 3.97. The van der Waals surface area contributed by atoms with Crippen molar-refractivity contribution in [3.05, 3.63) is 11.1 Å². The van der Waals surface area contributed by atoms with E-state index in [9.17, 15) is 0 Å². The van der Waals surface area contributed by atoms with Gasteiger partial charge in [-0.2, -0.15) is 0 Å². The van der Waals surface area contributed by atoms with Gasteiger partial charge in [0.15, 0.2) is 5.13 Å².